The second-order valence-electron chi connectivity index (χ2n) is 7.51. The molecule has 0 radical (unpaired) electrons. The van der Waals surface area contributed by atoms with E-state index >= 15 is 0 Å². The smallest absolute Gasteiger partial charge is 0.338 e. The first-order chi connectivity index (χ1) is 16.4. The number of esters is 1. The van der Waals surface area contributed by atoms with Crippen molar-refractivity contribution in [3.63, 3.8) is 0 Å². The third kappa shape index (κ3) is 4.22. The minimum Gasteiger partial charge on any atom is -0.508 e. The lowest BCUT2D eigenvalue weighted by Gasteiger charge is -2.25. The number of hydrogen-bond acceptors (Lipinski definition) is 8. The third-order valence-corrected chi connectivity index (χ3v) is 6.39. The van der Waals surface area contributed by atoms with Crippen LogP contribution in [0.3, 0.4) is 0 Å². The molecule has 4 rings (SSSR count). The number of rotatable bonds is 6. The zero-order chi connectivity index (χ0) is 24.4. The van der Waals surface area contributed by atoms with Crippen molar-refractivity contribution in [3.05, 3.63) is 84.5 Å². The van der Waals surface area contributed by atoms with Crippen LogP contribution < -0.4 is 24.4 Å². The van der Waals surface area contributed by atoms with Crippen molar-refractivity contribution in [1.29, 1.82) is 0 Å². The molecule has 1 N–H and O–H groups in total. The molecule has 176 valence electrons. The standard InChI is InChI=1S/C25H24N2O6S/c1-5-33-24(30)21-14(2)26-25-27(22(21)16-9-10-18(31-3)19(13-16)32-4)23(29)20(34-25)12-15-7-6-8-17(28)11-15/h6-13,22,28H,5H2,1-4H3/b20-12-/t22-/m1/s1. The molecule has 0 spiro atoms. The van der Waals surface area contributed by atoms with Gasteiger partial charge < -0.3 is 19.3 Å². The van der Waals surface area contributed by atoms with Crippen molar-refractivity contribution >= 4 is 23.4 Å². The molecule has 0 aliphatic carbocycles. The van der Waals surface area contributed by atoms with Crippen molar-refractivity contribution in [2.24, 2.45) is 4.99 Å². The maximum Gasteiger partial charge on any atom is 0.338 e. The summed E-state index contributed by atoms with van der Waals surface area (Å²) in [5.74, 6) is 0.566. The number of methoxy groups -OCH3 is 2. The second-order valence-corrected chi connectivity index (χ2v) is 8.52. The summed E-state index contributed by atoms with van der Waals surface area (Å²) in [6.07, 6.45) is 1.69. The molecule has 0 fully saturated rings. The third-order valence-electron chi connectivity index (χ3n) is 5.41. The Hall–Kier alpha value is -3.85. The first-order valence-corrected chi connectivity index (χ1v) is 11.4. The largest absolute Gasteiger partial charge is 0.508 e. The van der Waals surface area contributed by atoms with E-state index in [1.54, 1.807) is 62.4 Å². The highest BCUT2D eigenvalue weighted by atomic mass is 32.1. The van der Waals surface area contributed by atoms with Gasteiger partial charge in [0.25, 0.3) is 5.56 Å². The minimum atomic E-state index is -0.763. The predicted octanol–water partition coefficient (Wildman–Crippen LogP) is 2.52. The van der Waals surface area contributed by atoms with Crippen LogP contribution in [0.1, 0.15) is 31.0 Å². The normalized spacial score (nSPS) is 15.5. The molecule has 9 heteroatoms. The number of benzene rings is 2. The average Bonchev–Trinajstić information content (AvgIpc) is 3.12. The van der Waals surface area contributed by atoms with Crippen molar-refractivity contribution in [3.8, 4) is 17.2 Å². The van der Waals surface area contributed by atoms with E-state index in [4.69, 9.17) is 14.2 Å². The number of aromatic nitrogens is 1. The highest BCUT2D eigenvalue weighted by Gasteiger charge is 2.33. The maximum atomic E-state index is 13.6. The highest BCUT2D eigenvalue weighted by Crippen LogP contribution is 2.36. The molecule has 2 aromatic carbocycles. The summed E-state index contributed by atoms with van der Waals surface area (Å²) in [6.45, 7) is 3.65. The number of aromatic hydroxyl groups is 1. The van der Waals surface area contributed by atoms with Gasteiger partial charge >= 0.3 is 5.97 Å². The van der Waals surface area contributed by atoms with E-state index in [1.165, 1.54) is 30.1 Å². The van der Waals surface area contributed by atoms with E-state index in [-0.39, 0.29) is 23.5 Å². The summed E-state index contributed by atoms with van der Waals surface area (Å²) in [7, 11) is 3.06. The SMILES string of the molecule is CCOC(=O)C1=C(C)N=c2s/c(=C\c3cccc(O)c3)c(=O)n2[C@@H]1c1ccc(OC)c(OC)c1. The van der Waals surface area contributed by atoms with E-state index in [0.29, 0.717) is 37.7 Å². The Kier molecular flexibility index (Phi) is 6.56. The number of fused-ring (bicyclic) bond motifs is 1. The Bertz CT molecular complexity index is 1470. The topological polar surface area (TPSA) is 99.4 Å². The van der Waals surface area contributed by atoms with Crippen LogP contribution in [-0.4, -0.2) is 36.5 Å². The summed E-state index contributed by atoms with van der Waals surface area (Å²) >= 11 is 1.21. The lowest BCUT2D eigenvalue weighted by atomic mass is 9.95. The summed E-state index contributed by atoms with van der Waals surface area (Å²) in [5.41, 5.74) is 1.78. The Balaban J connectivity index is 1.97. The Morgan fingerprint density at radius 3 is 2.62 bits per heavy atom. The highest BCUT2D eigenvalue weighted by molar-refractivity contribution is 7.07. The van der Waals surface area contributed by atoms with E-state index in [0.717, 1.165) is 0 Å². The molecule has 1 aromatic heterocycles. The average molecular weight is 481 g/mol. The molecule has 0 unspecified atom stereocenters. The van der Waals surface area contributed by atoms with Gasteiger partial charge in [-0.25, -0.2) is 9.79 Å². The monoisotopic (exact) mass is 480 g/mol. The zero-order valence-electron chi connectivity index (χ0n) is 19.2. The summed E-state index contributed by atoms with van der Waals surface area (Å²) in [6, 6.07) is 11.1. The van der Waals surface area contributed by atoms with Gasteiger partial charge in [0, 0.05) is 0 Å². The van der Waals surface area contributed by atoms with Gasteiger partial charge in [-0.05, 0) is 55.3 Å². The van der Waals surface area contributed by atoms with E-state index in [1.807, 2.05) is 0 Å². The van der Waals surface area contributed by atoms with Crippen molar-refractivity contribution in [1.82, 2.24) is 4.57 Å². The minimum absolute atomic E-state index is 0.102. The molecular weight excluding hydrogens is 456 g/mol. The summed E-state index contributed by atoms with van der Waals surface area (Å²) < 4.78 is 18.0. The van der Waals surface area contributed by atoms with Crippen LogP contribution in [0.25, 0.3) is 6.08 Å². The molecular formula is C25H24N2O6S. The van der Waals surface area contributed by atoms with E-state index in [9.17, 15) is 14.7 Å². The van der Waals surface area contributed by atoms with Crippen LogP contribution in [0.5, 0.6) is 17.2 Å². The molecule has 1 aliphatic rings. The quantitative estimate of drug-likeness (QED) is 0.545. The molecule has 34 heavy (non-hydrogen) atoms. The number of thiazole rings is 1. The molecule has 1 atom stereocenters. The molecule has 0 amide bonds. The Morgan fingerprint density at radius 2 is 1.94 bits per heavy atom. The van der Waals surface area contributed by atoms with Crippen LogP contribution in [-0.2, 0) is 9.53 Å². The van der Waals surface area contributed by atoms with Crippen LogP contribution in [0, 0.1) is 0 Å². The van der Waals surface area contributed by atoms with Crippen molar-refractivity contribution in [2.75, 3.05) is 20.8 Å². The van der Waals surface area contributed by atoms with Crippen LogP contribution in [0.2, 0.25) is 0 Å². The second kappa shape index (κ2) is 9.56. The first-order valence-electron chi connectivity index (χ1n) is 10.6. The lowest BCUT2D eigenvalue weighted by Crippen LogP contribution is -2.39. The number of carbonyl (C=O) groups excluding carboxylic acids is 1. The number of allylic oxidation sites excluding steroid dienone is 1. The number of phenols is 1. The molecule has 2 heterocycles. The number of phenolic OH excluding ortho intramolecular Hbond substituents is 1. The van der Waals surface area contributed by atoms with Gasteiger partial charge in [0.1, 0.15) is 5.75 Å². The molecule has 0 saturated carbocycles. The van der Waals surface area contributed by atoms with Crippen LogP contribution in [0.15, 0.2) is 63.5 Å². The van der Waals surface area contributed by atoms with Gasteiger partial charge in [-0.2, -0.15) is 0 Å². The molecule has 8 nitrogen and oxygen atoms in total. The fourth-order valence-corrected chi connectivity index (χ4v) is 4.94. The number of hydrogen-bond donors (Lipinski definition) is 1. The van der Waals surface area contributed by atoms with E-state index < -0.39 is 12.0 Å². The number of carbonyl (C=O) groups is 1. The summed E-state index contributed by atoms with van der Waals surface area (Å²) in [5, 5.41) is 9.79. The number of nitrogens with zero attached hydrogens (tertiary/aromatic N) is 2. The lowest BCUT2D eigenvalue weighted by molar-refractivity contribution is -0.139. The van der Waals surface area contributed by atoms with Gasteiger partial charge in [-0.15, -0.1) is 0 Å². The molecule has 0 bridgehead atoms. The fourth-order valence-electron chi connectivity index (χ4n) is 3.90. The van der Waals surface area contributed by atoms with Crippen LogP contribution in [0.4, 0.5) is 0 Å². The molecule has 1 aliphatic heterocycles. The zero-order valence-corrected chi connectivity index (χ0v) is 20.0. The predicted molar refractivity (Wildman–Crippen MR) is 128 cm³/mol. The van der Waals surface area contributed by atoms with E-state index in [2.05, 4.69) is 4.99 Å². The van der Waals surface area contributed by atoms with Gasteiger partial charge in [0.15, 0.2) is 16.3 Å². The first kappa shape index (κ1) is 23.3. The molecule has 3 aromatic rings. The molecule has 0 saturated heterocycles. The van der Waals surface area contributed by atoms with Gasteiger partial charge in [0.2, 0.25) is 0 Å². The van der Waals surface area contributed by atoms with Gasteiger partial charge in [-0.1, -0.05) is 29.5 Å². The van der Waals surface area contributed by atoms with Gasteiger partial charge in [-0.3, -0.25) is 9.36 Å². The van der Waals surface area contributed by atoms with Crippen molar-refractivity contribution in [2.45, 2.75) is 19.9 Å². The fraction of sp³-hybridized carbons (Fsp3) is 0.240. The van der Waals surface area contributed by atoms with Crippen LogP contribution >= 0.6 is 11.3 Å². The maximum absolute atomic E-state index is 13.6. The van der Waals surface area contributed by atoms with Gasteiger partial charge in [0.05, 0.1) is 42.7 Å². The number of ether oxygens (including phenoxy) is 3. The van der Waals surface area contributed by atoms with Crippen molar-refractivity contribution < 1.29 is 24.1 Å². The summed E-state index contributed by atoms with van der Waals surface area (Å²) in [4.78, 5) is 31.6. The Labute approximate surface area is 199 Å². The Morgan fingerprint density at radius 1 is 1.18 bits per heavy atom.